The number of pyridine rings is 1. The van der Waals surface area contributed by atoms with E-state index < -0.39 is 6.17 Å². The Morgan fingerprint density at radius 2 is 1.66 bits per heavy atom. The number of rotatable bonds is 6. The molecule has 1 N–H and O–H groups in total. The van der Waals surface area contributed by atoms with Gasteiger partial charge in [-0.25, -0.2) is 0 Å². The van der Waals surface area contributed by atoms with Crippen molar-refractivity contribution in [1.82, 2.24) is 24.8 Å². The number of nitrogens with one attached hydrogen (secondary N) is 1. The van der Waals surface area contributed by atoms with Gasteiger partial charge in [-0.3, -0.25) is 23.7 Å². The standard InChI is InChI=1S/C26H22N6O3/c33-23(27-16-22-29-28-21-12-5-6-14-30(21)22)13-7-15-31-24-17-8-1-2-9-18(17)26(35)32(24)20-11-4-3-10-19(20)25(31)34/h1-6,8-12,14,24H,7,13,15-16H2,(H,27,33)/t24-/m1/s1. The fraction of sp³-hybridized carbons (Fsp3) is 0.192. The van der Waals surface area contributed by atoms with Gasteiger partial charge in [0.1, 0.15) is 6.17 Å². The van der Waals surface area contributed by atoms with Gasteiger partial charge in [-0.2, -0.15) is 0 Å². The molecular weight excluding hydrogens is 444 g/mol. The second-order valence-corrected chi connectivity index (χ2v) is 8.58. The van der Waals surface area contributed by atoms with Crippen molar-refractivity contribution in [3.8, 4) is 0 Å². The maximum Gasteiger partial charge on any atom is 0.260 e. The summed E-state index contributed by atoms with van der Waals surface area (Å²) in [6.45, 7) is 0.607. The summed E-state index contributed by atoms with van der Waals surface area (Å²) in [5, 5.41) is 11.1. The quantitative estimate of drug-likeness (QED) is 0.471. The number of carbonyl (C=O) groups is 3. The normalized spacial score (nSPS) is 16.3. The van der Waals surface area contributed by atoms with E-state index in [4.69, 9.17) is 0 Å². The monoisotopic (exact) mass is 466 g/mol. The minimum atomic E-state index is -0.508. The maximum atomic E-state index is 13.4. The molecule has 0 saturated carbocycles. The Morgan fingerprint density at radius 1 is 0.886 bits per heavy atom. The number of anilines is 1. The van der Waals surface area contributed by atoms with Gasteiger partial charge >= 0.3 is 0 Å². The molecule has 35 heavy (non-hydrogen) atoms. The molecule has 0 unspecified atom stereocenters. The number of carbonyl (C=O) groups excluding carboxylic acids is 3. The van der Waals surface area contributed by atoms with E-state index in [0.29, 0.717) is 35.6 Å². The molecule has 4 aromatic rings. The summed E-state index contributed by atoms with van der Waals surface area (Å²) in [5.41, 5.74) is 3.25. The first kappa shape index (κ1) is 21.0. The molecule has 9 heteroatoms. The van der Waals surface area contributed by atoms with Crippen LogP contribution in [-0.4, -0.2) is 43.8 Å². The van der Waals surface area contributed by atoms with Crippen molar-refractivity contribution in [2.45, 2.75) is 25.6 Å². The molecule has 0 radical (unpaired) electrons. The summed E-state index contributed by atoms with van der Waals surface area (Å²) in [4.78, 5) is 42.6. The van der Waals surface area contributed by atoms with Crippen LogP contribution in [0.2, 0.25) is 0 Å². The van der Waals surface area contributed by atoms with Crippen molar-refractivity contribution in [3.05, 3.63) is 95.4 Å². The third kappa shape index (κ3) is 3.43. The molecule has 9 nitrogen and oxygen atoms in total. The van der Waals surface area contributed by atoms with Gasteiger partial charge in [0.2, 0.25) is 5.91 Å². The molecule has 0 spiro atoms. The van der Waals surface area contributed by atoms with E-state index in [9.17, 15) is 14.4 Å². The Kier molecular flexibility index (Phi) is 5.02. The van der Waals surface area contributed by atoms with Crippen molar-refractivity contribution in [2.75, 3.05) is 11.4 Å². The fourth-order valence-electron chi connectivity index (χ4n) is 4.89. The van der Waals surface area contributed by atoms with Gasteiger partial charge in [-0.05, 0) is 36.8 Å². The van der Waals surface area contributed by atoms with Gasteiger partial charge in [0, 0.05) is 30.3 Å². The lowest BCUT2D eigenvalue weighted by Gasteiger charge is -2.41. The van der Waals surface area contributed by atoms with E-state index in [-0.39, 0.29) is 30.7 Å². The van der Waals surface area contributed by atoms with Gasteiger partial charge in [0.15, 0.2) is 11.5 Å². The van der Waals surface area contributed by atoms with Crippen LogP contribution in [-0.2, 0) is 11.3 Å². The molecule has 4 heterocycles. The first-order valence-corrected chi connectivity index (χ1v) is 11.5. The molecule has 1 atom stereocenters. The Labute approximate surface area is 201 Å². The zero-order chi connectivity index (χ0) is 23.9. The lowest BCUT2D eigenvalue weighted by molar-refractivity contribution is -0.121. The van der Waals surface area contributed by atoms with E-state index in [1.807, 2.05) is 59.1 Å². The molecule has 2 aromatic heterocycles. The molecule has 3 amide bonds. The van der Waals surface area contributed by atoms with Crippen LogP contribution in [0.4, 0.5) is 5.69 Å². The number of benzene rings is 2. The molecule has 2 aliphatic heterocycles. The highest BCUT2D eigenvalue weighted by atomic mass is 16.2. The zero-order valence-electron chi connectivity index (χ0n) is 18.8. The predicted octanol–water partition coefficient (Wildman–Crippen LogP) is 2.94. The van der Waals surface area contributed by atoms with Crippen LogP contribution in [0.5, 0.6) is 0 Å². The van der Waals surface area contributed by atoms with Crippen molar-refractivity contribution >= 4 is 29.1 Å². The average molecular weight is 467 g/mol. The Morgan fingerprint density at radius 3 is 2.54 bits per heavy atom. The smallest absolute Gasteiger partial charge is 0.260 e. The first-order chi connectivity index (χ1) is 17.1. The van der Waals surface area contributed by atoms with E-state index in [2.05, 4.69) is 15.5 Å². The lowest BCUT2D eigenvalue weighted by Crippen LogP contribution is -2.48. The van der Waals surface area contributed by atoms with Crippen LogP contribution in [0.1, 0.15) is 51.1 Å². The molecule has 174 valence electrons. The molecule has 2 aromatic carbocycles. The Balaban J connectivity index is 1.17. The number of amides is 3. The van der Waals surface area contributed by atoms with Crippen molar-refractivity contribution in [2.24, 2.45) is 0 Å². The number of fused-ring (bicyclic) bond motifs is 6. The highest BCUT2D eigenvalue weighted by Crippen LogP contribution is 2.45. The van der Waals surface area contributed by atoms with Crippen LogP contribution in [0.15, 0.2) is 72.9 Å². The summed E-state index contributed by atoms with van der Waals surface area (Å²) < 4.78 is 1.83. The second-order valence-electron chi connectivity index (χ2n) is 8.58. The van der Waals surface area contributed by atoms with Gasteiger partial charge < -0.3 is 10.2 Å². The van der Waals surface area contributed by atoms with Crippen LogP contribution < -0.4 is 10.2 Å². The third-order valence-corrected chi connectivity index (χ3v) is 6.51. The van der Waals surface area contributed by atoms with Crippen LogP contribution in [0.25, 0.3) is 5.65 Å². The molecule has 0 saturated heterocycles. The van der Waals surface area contributed by atoms with Crippen LogP contribution >= 0.6 is 0 Å². The van der Waals surface area contributed by atoms with Crippen molar-refractivity contribution in [1.29, 1.82) is 0 Å². The largest absolute Gasteiger partial charge is 0.349 e. The molecule has 0 fully saturated rings. The molecule has 6 rings (SSSR count). The molecule has 0 bridgehead atoms. The van der Waals surface area contributed by atoms with E-state index in [1.165, 1.54) is 0 Å². The first-order valence-electron chi connectivity index (χ1n) is 11.5. The summed E-state index contributed by atoms with van der Waals surface area (Å²) in [6.07, 6.45) is 2.04. The van der Waals surface area contributed by atoms with Crippen LogP contribution in [0, 0.1) is 0 Å². The number of hydrogen-bond acceptors (Lipinski definition) is 5. The van der Waals surface area contributed by atoms with E-state index >= 15 is 0 Å². The van der Waals surface area contributed by atoms with Gasteiger partial charge in [0.05, 0.1) is 17.8 Å². The average Bonchev–Trinajstić information content (AvgIpc) is 3.44. The highest BCUT2D eigenvalue weighted by Gasteiger charge is 2.47. The fourth-order valence-corrected chi connectivity index (χ4v) is 4.89. The summed E-state index contributed by atoms with van der Waals surface area (Å²) >= 11 is 0. The SMILES string of the molecule is O=C(CCCN1C(=O)c2ccccc2N2C(=O)c3ccccc3[C@H]12)NCc1nnc2ccccn12. The lowest BCUT2D eigenvalue weighted by atomic mass is 10.0. The zero-order valence-corrected chi connectivity index (χ0v) is 18.8. The van der Waals surface area contributed by atoms with Crippen molar-refractivity contribution < 1.29 is 14.4 Å². The third-order valence-electron chi connectivity index (χ3n) is 6.51. The van der Waals surface area contributed by atoms with Crippen LogP contribution in [0.3, 0.4) is 0 Å². The topological polar surface area (TPSA) is 99.9 Å². The maximum absolute atomic E-state index is 13.4. The summed E-state index contributed by atoms with van der Waals surface area (Å²) in [6, 6.07) is 20.2. The van der Waals surface area contributed by atoms with Gasteiger partial charge in [-0.15, -0.1) is 10.2 Å². The minimum absolute atomic E-state index is 0.117. The van der Waals surface area contributed by atoms with E-state index in [0.717, 1.165) is 11.2 Å². The minimum Gasteiger partial charge on any atom is -0.349 e. The molecule has 2 aliphatic rings. The molecule has 0 aliphatic carbocycles. The van der Waals surface area contributed by atoms with Crippen molar-refractivity contribution in [3.63, 3.8) is 0 Å². The number of para-hydroxylation sites is 1. The van der Waals surface area contributed by atoms with Gasteiger partial charge in [-0.1, -0.05) is 36.4 Å². The molecular formula is C26H22N6O3. The summed E-state index contributed by atoms with van der Waals surface area (Å²) in [7, 11) is 0. The second kappa shape index (κ2) is 8.35. The number of hydrogen-bond donors (Lipinski definition) is 1. The predicted molar refractivity (Wildman–Crippen MR) is 128 cm³/mol. The number of nitrogens with zero attached hydrogens (tertiary/aromatic N) is 5. The van der Waals surface area contributed by atoms with E-state index in [1.54, 1.807) is 28.0 Å². The van der Waals surface area contributed by atoms with Gasteiger partial charge in [0.25, 0.3) is 11.8 Å². The number of aromatic nitrogens is 3. The Bertz CT molecular complexity index is 1480. The highest BCUT2D eigenvalue weighted by molar-refractivity contribution is 6.16. The Hall–Kier alpha value is -4.53. The summed E-state index contributed by atoms with van der Waals surface area (Å²) in [5.74, 6) is 0.256.